The van der Waals surface area contributed by atoms with Gasteiger partial charge in [-0.25, -0.2) is 4.79 Å². The van der Waals surface area contributed by atoms with Crippen molar-refractivity contribution in [1.82, 2.24) is 9.97 Å². The summed E-state index contributed by atoms with van der Waals surface area (Å²) in [5, 5.41) is 17.8. The van der Waals surface area contributed by atoms with E-state index in [0.29, 0.717) is 23.1 Å². The molecule has 2 aromatic heterocycles. The maximum atomic E-state index is 12.3. The van der Waals surface area contributed by atoms with Gasteiger partial charge in [0.05, 0.1) is 0 Å². The molecule has 0 amide bonds. The summed E-state index contributed by atoms with van der Waals surface area (Å²) in [4.78, 5) is 38.0. The zero-order valence-corrected chi connectivity index (χ0v) is 16.9. The number of H-pyrrole nitrogens is 2. The molecule has 0 fully saturated rings. The van der Waals surface area contributed by atoms with Crippen LogP contribution in [-0.4, -0.2) is 38.3 Å². The first-order valence-corrected chi connectivity index (χ1v) is 9.51. The third-order valence-electron chi connectivity index (χ3n) is 4.80. The van der Waals surface area contributed by atoms with Crippen LogP contribution in [0.1, 0.15) is 12.0 Å². The second kappa shape index (κ2) is 9.07. The number of benzene rings is 2. The van der Waals surface area contributed by atoms with Gasteiger partial charge in [0.1, 0.15) is 5.52 Å². The molecular formula is C22H18F3N3O5. The van der Waals surface area contributed by atoms with Gasteiger partial charge < -0.3 is 25.9 Å². The smallest absolute Gasteiger partial charge is 0.481 e. The highest BCUT2D eigenvalue weighted by Gasteiger charge is 2.38. The fourth-order valence-electron chi connectivity index (χ4n) is 3.33. The molecule has 172 valence electrons. The van der Waals surface area contributed by atoms with Crippen LogP contribution in [0.25, 0.3) is 32.9 Å². The summed E-state index contributed by atoms with van der Waals surface area (Å²) in [7, 11) is 0. The number of anilines is 1. The molecule has 0 aliphatic heterocycles. The van der Waals surface area contributed by atoms with Crippen molar-refractivity contribution in [3.63, 3.8) is 0 Å². The molecular weight excluding hydrogens is 443 g/mol. The van der Waals surface area contributed by atoms with Crippen molar-refractivity contribution in [1.29, 1.82) is 0 Å². The fraction of sp³-hybridized carbons (Fsp3) is 0.136. The number of pyridine rings is 1. The molecule has 0 saturated carbocycles. The van der Waals surface area contributed by atoms with Gasteiger partial charge in [0.15, 0.2) is 0 Å². The molecule has 0 aliphatic carbocycles. The highest BCUT2D eigenvalue weighted by atomic mass is 19.4. The molecule has 0 unspecified atom stereocenters. The Morgan fingerprint density at radius 3 is 2.30 bits per heavy atom. The molecule has 6 N–H and O–H groups in total. The number of carboxylic acid groups (broad SMARTS) is 2. The van der Waals surface area contributed by atoms with Gasteiger partial charge in [-0.1, -0.05) is 18.2 Å². The number of aromatic nitrogens is 2. The summed E-state index contributed by atoms with van der Waals surface area (Å²) in [6, 6.07) is 13.4. The number of hydrogen-bond donors (Lipinski definition) is 5. The lowest BCUT2D eigenvalue weighted by molar-refractivity contribution is -0.192. The Morgan fingerprint density at radius 2 is 1.70 bits per heavy atom. The third kappa shape index (κ3) is 5.32. The molecule has 33 heavy (non-hydrogen) atoms. The Balaban J connectivity index is 0.000000383. The van der Waals surface area contributed by atoms with Gasteiger partial charge in [-0.3, -0.25) is 9.59 Å². The fourth-order valence-corrected chi connectivity index (χ4v) is 3.33. The topological polar surface area (TPSA) is 149 Å². The van der Waals surface area contributed by atoms with Gasteiger partial charge in [-0.05, 0) is 47.4 Å². The predicted octanol–water partition coefficient (Wildman–Crippen LogP) is 3.91. The molecule has 0 atom stereocenters. The van der Waals surface area contributed by atoms with Crippen LogP contribution in [0.4, 0.5) is 18.9 Å². The summed E-state index contributed by atoms with van der Waals surface area (Å²) in [5.74, 6) is -3.62. The Morgan fingerprint density at radius 1 is 1.03 bits per heavy atom. The first-order valence-electron chi connectivity index (χ1n) is 9.51. The first-order chi connectivity index (χ1) is 15.5. The summed E-state index contributed by atoms with van der Waals surface area (Å²) in [6.45, 7) is 0. The van der Waals surface area contributed by atoms with Crippen LogP contribution in [0, 0.1) is 0 Å². The van der Waals surface area contributed by atoms with E-state index in [1.165, 1.54) is 0 Å². The number of hydrogen-bond acceptors (Lipinski definition) is 4. The minimum Gasteiger partial charge on any atom is -0.481 e. The zero-order chi connectivity index (χ0) is 24.3. The predicted molar refractivity (Wildman–Crippen MR) is 116 cm³/mol. The molecule has 4 rings (SSSR count). The normalized spacial score (nSPS) is 11.2. The van der Waals surface area contributed by atoms with Crippen LogP contribution in [0.2, 0.25) is 0 Å². The zero-order valence-electron chi connectivity index (χ0n) is 16.9. The van der Waals surface area contributed by atoms with Crippen molar-refractivity contribution in [2.45, 2.75) is 19.0 Å². The number of aliphatic carboxylic acids is 2. The molecule has 4 aromatic rings. The number of halogens is 3. The van der Waals surface area contributed by atoms with Gasteiger partial charge in [-0.15, -0.1) is 0 Å². The second-order valence-electron chi connectivity index (χ2n) is 7.10. The van der Waals surface area contributed by atoms with E-state index in [2.05, 4.69) is 9.97 Å². The number of nitrogen functional groups attached to an aromatic ring is 1. The minimum atomic E-state index is -5.08. The summed E-state index contributed by atoms with van der Waals surface area (Å²) < 4.78 is 31.7. The van der Waals surface area contributed by atoms with Gasteiger partial charge in [0, 0.05) is 34.6 Å². The number of carbonyl (C=O) groups is 2. The van der Waals surface area contributed by atoms with E-state index in [1.807, 2.05) is 42.5 Å². The molecule has 0 aliphatic rings. The standard InChI is InChI=1S/C20H17N3O3.C2HF3O2/c21-14-3-1-2-11(8-14)12-4-6-16-15(9-12)18-13(5-7-17(24)25)10-22-19(18)20(26)23-16;3-2(4,5)1(6)7/h1-4,6,8-10,22H,5,7,21H2,(H,23,26)(H,24,25);(H,6,7). The lowest BCUT2D eigenvalue weighted by Gasteiger charge is -2.07. The number of nitrogens with one attached hydrogen (secondary N) is 2. The van der Waals surface area contributed by atoms with Gasteiger partial charge in [0.2, 0.25) is 0 Å². The summed E-state index contributed by atoms with van der Waals surface area (Å²) in [6.07, 6.45) is -3.00. The molecule has 2 heterocycles. The van der Waals surface area contributed by atoms with Crippen LogP contribution in [0.15, 0.2) is 53.5 Å². The maximum absolute atomic E-state index is 12.3. The van der Waals surface area contributed by atoms with Crippen molar-refractivity contribution >= 4 is 39.4 Å². The van der Waals surface area contributed by atoms with E-state index < -0.39 is 18.1 Å². The number of rotatable bonds is 4. The van der Waals surface area contributed by atoms with Gasteiger partial charge >= 0.3 is 18.1 Å². The summed E-state index contributed by atoms with van der Waals surface area (Å²) >= 11 is 0. The quantitative estimate of drug-likeness (QED) is 0.291. The molecule has 8 nitrogen and oxygen atoms in total. The maximum Gasteiger partial charge on any atom is 0.490 e. The molecule has 11 heteroatoms. The second-order valence-corrected chi connectivity index (χ2v) is 7.10. The van der Waals surface area contributed by atoms with Crippen LogP contribution in [-0.2, 0) is 16.0 Å². The van der Waals surface area contributed by atoms with Crippen molar-refractivity contribution in [2.75, 3.05) is 5.73 Å². The number of aryl methyl sites for hydroxylation is 1. The number of aromatic amines is 2. The molecule has 2 aromatic carbocycles. The Hall–Kier alpha value is -4.28. The van der Waals surface area contributed by atoms with Crippen molar-refractivity contribution in [3.8, 4) is 11.1 Å². The van der Waals surface area contributed by atoms with E-state index in [-0.39, 0.29) is 12.0 Å². The number of alkyl halides is 3. The minimum absolute atomic E-state index is 0.0101. The van der Waals surface area contributed by atoms with Crippen molar-refractivity contribution in [2.24, 2.45) is 0 Å². The Kier molecular flexibility index (Phi) is 6.43. The SMILES string of the molecule is Nc1cccc(-c2ccc3[nH]c(=O)c4[nH]cc(CCC(=O)O)c4c3c2)c1.O=C(O)C(F)(F)F. The summed E-state index contributed by atoms with van der Waals surface area (Å²) in [5.41, 5.74) is 10.3. The van der Waals surface area contributed by atoms with E-state index in [1.54, 1.807) is 6.20 Å². The highest BCUT2D eigenvalue weighted by molar-refractivity contribution is 6.07. The van der Waals surface area contributed by atoms with Crippen LogP contribution >= 0.6 is 0 Å². The van der Waals surface area contributed by atoms with E-state index in [0.717, 1.165) is 27.5 Å². The van der Waals surface area contributed by atoms with E-state index >= 15 is 0 Å². The van der Waals surface area contributed by atoms with Crippen LogP contribution in [0.5, 0.6) is 0 Å². The van der Waals surface area contributed by atoms with Crippen molar-refractivity contribution < 1.29 is 33.0 Å². The molecule has 0 saturated heterocycles. The Bertz CT molecular complexity index is 1410. The number of carboxylic acids is 2. The lowest BCUT2D eigenvalue weighted by atomic mass is 9.99. The third-order valence-corrected chi connectivity index (χ3v) is 4.80. The van der Waals surface area contributed by atoms with Crippen molar-refractivity contribution in [3.05, 3.63) is 64.6 Å². The van der Waals surface area contributed by atoms with Gasteiger partial charge in [-0.2, -0.15) is 13.2 Å². The number of fused-ring (bicyclic) bond motifs is 3. The van der Waals surface area contributed by atoms with E-state index in [9.17, 15) is 22.8 Å². The molecule has 0 spiro atoms. The molecule has 0 radical (unpaired) electrons. The van der Waals surface area contributed by atoms with Crippen LogP contribution < -0.4 is 11.3 Å². The largest absolute Gasteiger partial charge is 0.490 e. The lowest BCUT2D eigenvalue weighted by Crippen LogP contribution is -2.21. The van der Waals surface area contributed by atoms with Gasteiger partial charge in [0.25, 0.3) is 5.56 Å². The number of nitrogens with two attached hydrogens (primary N) is 1. The average Bonchev–Trinajstić information content (AvgIpc) is 3.17. The van der Waals surface area contributed by atoms with Crippen LogP contribution in [0.3, 0.4) is 0 Å². The Labute approximate surface area is 183 Å². The first kappa shape index (κ1) is 23.4. The highest BCUT2D eigenvalue weighted by Crippen LogP contribution is 2.30. The monoisotopic (exact) mass is 461 g/mol. The molecule has 0 bridgehead atoms. The van der Waals surface area contributed by atoms with E-state index in [4.69, 9.17) is 20.7 Å². The average molecular weight is 461 g/mol.